The minimum atomic E-state index is -0.709. The third-order valence-corrected chi connectivity index (χ3v) is 3.68. The van der Waals surface area contributed by atoms with Gasteiger partial charge in [-0.3, -0.25) is 4.98 Å². The van der Waals surface area contributed by atoms with Crippen molar-refractivity contribution in [3.63, 3.8) is 0 Å². The monoisotopic (exact) mass is 350 g/mol. The number of hydrogen-bond donors (Lipinski definition) is 1. The third-order valence-electron chi connectivity index (χ3n) is 3.68. The Kier molecular flexibility index (Phi) is 4.10. The predicted octanol–water partition coefficient (Wildman–Crippen LogP) is 4.82. The summed E-state index contributed by atoms with van der Waals surface area (Å²) in [5, 5.41) is 10.6. The average molecular weight is 350 g/mol. The maximum Gasteiger partial charge on any atom is 0.320 e. The molecule has 4 rings (SSSR count). The molecule has 0 unspecified atom stereocenters. The molecular formula is C19H12F2N4O. The third kappa shape index (κ3) is 3.41. The highest BCUT2D eigenvalue weighted by atomic mass is 19.1. The minimum Gasteiger partial charge on any atom is -0.403 e. The van der Waals surface area contributed by atoms with Crippen molar-refractivity contribution in [1.82, 2.24) is 15.2 Å². The summed E-state index contributed by atoms with van der Waals surface area (Å²) in [4.78, 5) is 4.00. The lowest BCUT2D eigenvalue weighted by Gasteiger charge is -2.04. The summed E-state index contributed by atoms with van der Waals surface area (Å²) in [5.41, 5.74) is 3.01. The van der Waals surface area contributed by atoms with E-state index in [0.717, 1.165) is 35.0 Å². The molecular weight excluding hydrogens is 338 g/mol. The van der Waals surface area contributed by atoms with Crippen LogP contribution in [0.1, 0.15) is 0 Å². The molecule has 0 radical (unpaired) electrons. The predicted molar refractivity (Wildman–Crippen MR) is 92.6 cm³/mol. The number of rotatable bonds is 4. The number of benzene rings is 2. The standard InChI is InChI=1S/C19H12F2N4O/c20-15-9-14(10-16(21)11-15)18-24-25-19(26-18)23-17-3-1-12(2-4-17)13-5-7-22-8-6-13/h1-11H,(H,23,25). The molecule has 128 valence electrons. The zero-order valence-corrected chi connectivity index (χ0v) is 13.4. The minimum absolute atomic E-state index is 0.0271. The Morgan fingerprint density at radius 3 is 2.08 bits per heavy atom. The Bertz CT molecular complexity index is 1010. The van der Waals surface area contributed by atoms with Gasteiger partial charge in [-0.15, -0.1) is 5.10 Å². The van der Waals surface area contributed by atoms with Gasteiger partial charge in [0.25, 0.3) is 0 Å². The van der Waals surface area contributed by atoms with E-state index in [1.165, 1.54) is 0 Å². The van der Waals surface area contributed by atoms with Gasteiger partial charge in [-0.25, -0.2) is 8.78 Å². The number of anilines is 2. The molecule has 0 aliphatic heterocycles. The molecule has 7 heteroatoms. The number of hydrogen-bond acceptors (Lipinski definition) is 5. The first-order chi connectivity index (χ1) is 12.7. The molecule has 0 aliphatic carbocycles. The van der Waals surface area contributed by atoms with Gasteiger partial charge < -0.3 is 9.73 Å². The van der Waals surface area contributed by atoms with E-state index in [2.05, 4.69) is 20.5 Å². The zero-order chi connectivity index (χ0) is 17.9. The summed E-state index contributed by atoms with van der Waals surface area (Å²) in [6.07, 6.45) is 3.47. The molecule has 0 saturated carbocycles. The van der Waals surface area contributed by atoms with Crippen LogP contribution in [0.15, 0.2) is 71.4 Å². The lowest BCUT2D eigenvalue weighted by molar-refractivity contribution is 0.571. The van der Waals surface area contributed by atoms with Gasteiger partial charge in [-0.2, -0.15) is 0 Å². The highest BCUT2D eigenvalue weighted by molar-refractivity contribution is 5.66. The molecule has 0 spiro atoms. The molecule has 0 atom stereocenters. The number of nitrogens with one attached hydrogen (secondary N) is 1. The van der Waals surface area contributed by atoms with Gasteiger partial charge in [-0.05, 0) is 47.5 Å². The van der Waals surface area contributed by atoms with Crippen LogP contribution in [-0.4, -0.2) is 15.2 Å². The second-order valence-electron chi connectivity index (χ2n) is 5.51. The number of nitrogens with zero attached hydrogens (tertiary/aromatic N) is 3. The van der Waals surface area contributed by atoms with Crippen molar-refractivity contribution in [2.24, 2.45) is 0 Å². The quantitative estimate of drug-likeness (QED) is 0.572. The summed E-state index contributed by atoms with van der Waals surface area (Å²) in [6, 6.07) is 14.6. The molecule has 5 nitrogen and oxygen atoms in total. The second kappa shape index (κ2) is 6.72. The Balaban J connectivity index is 1.52. The van der Waals surface area contributed by atoms with E-state index in [9.17, 15) is 8.78 Å². The molecule has 0 aliphatic rings. The number of aromatic nitrogens is 3. The van der Waals surface area contributed by atoms with Crippen molar-refractivity contribution in [3.8, 4) is 22.6 Å². The lowest BCUT2D eigenvalue weighted by atomic mass is 10.1. The fraction of sp³-hybridized carbons (Fsp3) is 0. The van der Waals surface area contributed by atoms with Gasteiger partial charge in [0.2, 0.25) is 5.89 Å². The van der Waals surface area contributed by atoms with Gasteiger partial charge in [0.1, 0.15) is 11.6 Å². The van der Waals surface area contributed by atoms with Gasteiger partial charge in [0, 0.05) is 29.7 Å². The SMILES string of the molecule is Fc1cc(F)cc(-c2nnc(Nc3ccc(-c4ccncc4)cc3)o2)c1. The van der Waals surface area contributed by atoms with E-state index < -0.39 is 11.6 Å². The van der Waals surface area contributed by atoms with E-state index in [1.807, 2.05) is 36.4 Å². The van der Waals surface area contributed by atoms with Crippen LogP contribution in [-0.2, 0) is 0 Å². The molecule has 26 heavy (non-hydrogen) atoms. The highest BCUT2D eigenvalue weighted by Crippen LogP contribution is 2.25. The summed E-state index contributed by atoms with van der Waals surface area (Å²) in [5.74, 6) is -1.39. The van der Waals surface area contributed by atoms with Crippen molar-refractivity contribution in [3.05, 3.63) is 78.6 Å². The largest absolute Gasteiger partial charge is 0.403 e. The first-order valence-electron chi connectivity index (χ1n) is 7.75. The van der Waals surface area contributed by atoms with Gasteiger partial charge in [-0.1, -0.05) is 17.2 Å². The van der Waals surface area contributed by atoms with Crippen LogP contribution < -0.4 is 5.32 Å². The topological polar surface area (TPSA) is 63.8 Å². The van der Waals surface area contributed by atoms with E-state index in [0.29, 0.717) is 0 Å². The number of pyridine rings is 1. The lowest BCUT2D eigenvalue weighted by Crippen LogP contribution is -1.90. The molecule has 1 N–H and O–H groups in total. The Labute approximate surface area is 147 Å². The molecule has 0 bridgehead atoms. The highest BCUT2D eigenvalue weighted by Gasteiger charge is 2.11. The molecule has 0 amide bonds. The maximum absolute atomic E-state index is 13.3. The Hall–Kier alpha value is -3.61. The molecule has 4 aromatic rings. The molecule has 0 fully saturated rings. The molecule has 2 heterocycles. The summed E-state index contributed by atoms with van der Waals surface area (Å²) >= 11 is 0. The van der Waals surface area contributed by atoms with Gasteiger partial charge in [0.05, 0.1) is 0 Å². The Morgan fingerprint density at radius 2 is 1.38 bits per heavy atom. The van der Waals surface area contributed by atoms with E-state index in [4.69, 9.17) is 4.42 Å². The van der Waals surface area contributed by atoms with Crippen molar-refractivity contribution < 1.29 is 13.2 Å². The normalized spacial score (nSPS) is 10.7. The first kappa shape index (κ1) is 15.9. The van der Waals surface area contributed by atoms with Crippen molar-refractivity contribution in [2.45, 2.75) is 0 Å². The fourth-order valence-electron chi connectivity index (χ4n) is 2.48. The molecule has 2 aromatic heterocycles. The van der Waals surface area contributed by atoms with Crippen LogP contribution in [0.3, 0.4) is 0 Å². The van der Waals surface area contributed by atoms with Crippen LogP contribution in [0.2, 0.25) is 0 Å². The number of halogens is 2. The van der Waals surface area contributed by atoms with E-state index in [-0.39, 0.29) is 17.5 Å². The Morgan fingerprint density at radius 1 is 0.731 bits per heavy atom. The summed E-state index contributed by atoms with van der Waals surface area (Å²) < 4.78 is 32.0. The smallest absolute Gasteiger partial charge is 0.320 e. The van der Waals surface area contributed by atoms with Gasteiger partial charge >= 0.3 is 6.01 Å². The van der Waals surface area contributed by atoms with Crippen LogP contribution in [0, 0.1) is 11.6 Å². The maximum atomic E-state index is 13.3. The van der Waals surface area contributed by atoms with Crippen LogP contribution in [0.4, 0.5) is 20.5 Å². The van der Waals surface area contributed by atoms with E-state index >= 15 is 0 Å². The van der Waals surface area contributed by atoms with Crippen LogP contribution in [0.25, 0.3) is 22.6 Å². The molecule has 2 aromatic carbocycles. The van der Waals surface area contributed by atoms with Crippen LogP contribution >= 0.6 is 0 Å². The van der Waals surface area contributed by atoms with Crippen LogP contribution in [0.5, 0.6) is 0 Å². The second-order valence-corrected chi connectivity index (χ2v) is 5.51. The van der Waals surface area contributed by atoms with Crippen molar-refractivity contribution >= 4 is 11.7 Å². The average Bonchev–Trinajstić information content (AvgIpc) is 3.11. The fourth-order valence-corrected chi connectivity index (χ4v) is 2.48. The zero-order valence-electron chi connectivity index (χ0n) is 13.4. The summed E-state index contributed by atoms with van der Waals surface area (Å²) in [6.45, 7) is 0. The van der Waals surface area contributed by atoms with E-state index in [1.54, 1.807) is 12.4 Å². The van der Waals surface area contributed by atoms with Crippen molar-refractivity contribution in [2.75, 3.05) is 5.32 Å². The summed E-state index contributed by atoms with van der Waals surface area (Å²) in [7, 11) is 0. The molecule has 0 saturated heterocycles. The first-order valence-corrected chi connectivity index (χ1v) is 7.75. The van der Waals surface area contributed by atoms with Crippen molar-refractivity contribution in [1.29, 1.82) is 0 Å². The van der Waals surface area contributed by atoms with Gasteiger partial charge in [0.15, 0.2) is 0 Å².